The van der Waals surface area contributed by atoms with Crippen LogP contribution in [-0.2, 0) is 26.0 Å². The number of anilines is 1. The van der Waals surface area contributed by atoms with E-state index in [9.17, 15) is 22.4 Å². The molecule has 0 aromatic heterocycles. The lowest BCUT2D eigenvalue weighted by molar-refractivity contribution is -0.127. The average Bonchev–Trinajstić information content (AvgIpc) is 2.73. The quantitative estimate of drug-likeness (QED) is 0.805. The molecule has 1 N–H and O–H groups in total. The Bertz CT molecular complexity index is 1120. The Morgan fingerprint density at radius 1 is 1.17 bits per heavy atom. The molecule has 0 bridgehead atoms. The van der Waals surface area contributed by atoms with E-state index in [0.717, 1.165) is 16.3 Å². The van der Waals surface area contributed by atoms with E-state index in [2.05, 4.69) is 5.32 Å². The molecule has 7 nitrogen and oxygen atoms in total. The predicted molar refractivity (Wildman–Crippen MR) is 109 cm³/mol. The summed E-state index contributed by atoms with van der Waals surface area (Å²) in [5.41, 5.74) is 1.48. The first-order valence-electron chi connectivity index (χ1n) is 9.75. The molecule has 0 saturated carbocycles. The van der Waals surface area contributed by atoms with Gasteiger partial charge in [0.05, 0.1) is 4.90 Å². The lowest BCUT2D eigenvalue weighted by Crippen LogP contribution is -2.52. The third kappa shape index (κ3) is 3.48. The molecule has 2 heterocycles. The third-order valence-corrected chi connectivity index (χ3v) is 7.38. The number of carbonyl (C=O) groups is 2. The minimum Gasteiger partial charge on any atom is -0.353 e. The Balaban J connectivity index is 1.76. The summed E-state index contributed by atoms with van der Waals surface area (Å²) in [7, 11) is -4.08. The second-order valence-electron chi connectivity index (χ2n) is 7.40. The highest BCUT2D eigenvalue weighted by atomic mass is 32.2. The van der Waals surface area contributed by atoms with Crippen LogP contribution in [0.3, 0.4) is 0 Å². The molecule has 2 aliphatic rings. The second-order valence-corrected chi connectivity index (χ2v) is 9.29. The van der Waals surface area contributed by atoms with Crippen LogP contribution < -0.4 is 10.2 Å². The molecule has 4 rings (SSSR count). The van der Waals surface area contributed by atoms with Crippen LogP contribution in [0.4, 0.5) is 10.1 Å². The Morgan fingerprint density at radius 3 is 2.67 bits per heavy atom. The molecule has 2 aromatic rings. The van der Waals surface area contributed by atoms with E-state index in [1.165, 1.54) is 31.2 Å². The highest BCUT2D eigenvalue weighted by Gasteiger charge is 2.41. The topological polar surface area (TPSA) is 86.8 Å². The maximum Gasteiger partial charge on any atom is 0.244 e. The van der Waals surface area contributed by atoms with Gasteiger partial charge in [-0.2, -0.15) is 4.31 Å². The van der Waals surface area contributed by atoms with Gasteiger partial charge in [-0.05, 0) is 42.7 Å². The third-order valence-electron chi connectivity index (χ3n) is 5.52. The van der Waals surface area contributed by atoms with Crippen molar-refractivity contribution in [3.8, 4) is 0 Å². The smallest absolute Gasteiger partial charge is 0.244 e. The number of amides is 2. The van der Waals surface area contributed by atoms with E-state index in [0.29, 0.717) is 18.7 Å². The summed E-state index contributed by atoms with van der Waals surface area (Å²) in [6.07, 6.45) is 1.39. The number of hydrogen-bond donors (Lipinski definition) is 1. The number of halogens is 1. The van der Waals surface area contributed by atoms with Crippen LogP contribution in [0.25, 0.3) is 0 Å². The molecule has 0 spiro atoms. The second kappa shape index (κ2) is 7.81. The molecule has 2 amide bonds. The first-order chi connectivity index (χ1) is 14.3. The molecule has 2 aliphatic heterocycles. The molecule has 0 radical (unpaired) electrons. The highest BCUT2D eigenvalue weighted by molar-refractivity contribution is 7.89. The largest absolute Gasteiger partial charge is 0.353 e. The van der Waals surface area contributed by atoms with Gasteiger partial charge in [-0.15, -0.1) is 0 Å². The summed E-state index contributed by atoms with van der Waals surface area (Å²) < 4.78 is 42.4. The van der Waals surface area contributed by atoms with Gasteiger partial charge in [0.25, 0.3) is 0 Å². The lowest BCUT2D eigenvalue weighted by atomic mass is 10.0. The number of piperazine rings is 1. The first-order valence-corrected chi connectivity index (χ1v) is 11.2. The fraction of sp³-hybridized carbons (Fsp3) is 0.333. The molecule has 158 valence electrons. The van der Waals surface area contributed by atoms with Crippen LogP contribution in [0.1, 0.15) is 30.5 Å². The molecule has 2 aromatic carbocycles. The fourth-order valence-electron chi connectivity index (χ4n) is 4.09. The van der Waals surface area contributed by atoms with E-state index < -0.39 is 27.8 Å². The SMILES string of the molecule is CC(=O)N1CCCc2cc(S(=O)(=O)N3CCNC(=O)C3c3ccccc3F)ccc21. The van der Waals surface area contributed by atoms with Gasteiger partial charge >= 0.3 is 0 Å². The Hall–Kier alpha value is -2.78. The molecule has 1 unspecified atom stereocenters. The van der Waals surface area contributed by atoms with Crippen molar-refractivity contribution in [3.63, 3.8) is 0 Å². The number of fused-ring (bicyclic) bond motifs is 1. The van der Waals surface area contributed by atoms with Crippen molar-refractivity contribution < 1.29 is 22.4 Å². The predicted octanol–water partition coefficient (Wildman–Crippen LogP) is 1.99. The van der Waals surface area contributed by atoms with Gasteiger partial charge in [-0.25, -0.2) is 12.8 Å². The average molecular weight is 431 g/mol. The lowest BCUT2D eigenvalue weighted by Gasteiger charge is -2.35. The molecular formula is C21H22FN3O4S. The zero-order chi connectivity index (χ0) is 21.5. The minimum absolute atomic E-state index is 0.0130. The Labute approximate surface area is 174 Å². The number of aryl methyl sites for hydroxylation is 1. The zero-order valence-corrected chi connectivity index (χ0v) is 17.3. The van der Waals surface area contributed by atoms with Gasteiger partial charge in [0, 0.05) is 37.8 Å². The van der Waals surface area contributed by atoms with Gasteiger partial charge in [0.1, 0.15) is 11.9 Å². The van der Waals surface area contributed by atoms with E-state index in [1.807, 2.05) is 0 Å². The number of rotatable bonds is 3. The van der Waals surface area contributed by atoms with Crippen LogP contribution in [-0.4, -0.2) is 44.2 Å². The summed E-state index contributed by atoms with van der Waals surface area (Å²) >= 11 is 0. The molecular weight excluding hydrogens is 409 g/mol. The van der Waals surface area contributed by atoms with E-state index in [1.54, 1.807) is 23.1 Å². The Kier molecular flexibility index (Phi) is 5.33. The molecule has 30 heavy (non-hydrogen) atoms. The maximum atomic E-state index is 14.4. The van der Waals surface area contributed by atoms with Crippen LogP contribution in [0.15, 0.2) is 47.4 Å². The van der Waals surface area contributed by atoms with Crippen LogP contribution in [0.5, 0.6) is 0 Å². The number of nitrogens with one attached hydrogen (secondary N) is 1. The van der Waals surface area contributed by atoms with Crippen molar-refractivity contribution in [2.24, 2.45) is 0 Å². The van der Waals surface area contributed by atoms with Crippen molar-refractivity contribution in [1.82, 2.24) is 9.62 Å². The van der Waals surface area contributed by atoms with Gasteiger partial charge in [-0.3, -0.25) is 9.59 Å². The summed E-state index contributed by atoms with van der Waals surface area (Å²) in [6.45, 7) is 2.25. The van der Waals surface area contributed by atoms with Crippen molar-refractivity contribution >= 4 is 27.5 Å². The maximum absolute atomic E-state index is 14.4. The molecule has 9 heteroatoms. The number of benzene rings is 2. The first kappa shape index (κ1) is 20.5. The van der Waals surface area contributed by atoms with Gasteiger partial charge < -0.3 is 10.2 Å². The summed E-state index contributed by atoms with van der Waals surface area (Å²) in [4.78, 5) is 26.1. The van der Waals surface area contributed by atoms with Crippen molar-refractivity contribution in [2.45, 2.75) is 30.7 Å². The normalized spacial score (nSPS) is 19.9. The van der Waals surface area contributed by atoms with Crippen LogP contribution in [0, 0.1) is 5.82 Å². The standard InChI is InChI=1S/C21H22FN3O4S/c1-14(26)24-11-4-5-15-13-16(8-9-19(15)24)30(28,29)25-12-10-23-21(27)20(25)17-6-2-3-7-18(17)22/h2-3,6-9,13,20H,4-5,10-12H2,1H3,(H,23,27). The number of carbonyl (C=O) groups excluding carboxylic acids is 2. The Morgan fingerprint density at radius 2 is 1.93 bits per heavy atom. The molecule has 1 atom stereocenters. The summed E-state index contributed by atoms with van der Waals surface area (Å²) in [6, 6.07) is 9.04. The van der Waals surface area contributed by atoms with Crippen LogP contribution in [0.2, 0.25) is 0 Å². The number of nitrogens with zero attached hydrogens (tertiary/aromatic N) is 2. The zero-order valence-electron chi connectivity index (χ0n) is 16.5. The minimum atomic E-state index is -4.08. The van der Waals surface area contributed by atoms with Gasteiger partial charge in [0.2, 0.25) is 21.8 Å². The number of sulfonamides is 1. The summed E-state index contributed by atoms with van der Waals surface area (Å²) in [5.74, 6) is -1.29. The molecule has 0 aliphatic carbocycles. The monoisotopic (exact) mass is 431 g/mol. The van der Waals surface area contributed by atoms with Crippen molar-refractivity contribution in [2.75, 3.05) is 24.5 Å². The van der Waals surface area contributed by atoms with E-state index in [4.69, 9.17) is 0 Å². The van der Waals surface area contributed by atoms with Crippen molar-refractivity contribution in [3.05, 3.63) is 59.4 Å². The fourth-order valence-corrected chi connectivity index (χ4v) is 5.71. The van der Waals surface area contributed by atoms with Gasteiger partial charge in [0.15, 0.2) is 0 Å². The molecule has 1 saturated heterocycles. The van der Waals surface area contributed by atoms with E-state index in [-0.39, 0.29) is 29.5 Å². The van der Waals surface area contributed by atoms with Crippen LogP contribution >= 0.6 is 0 Å². The van der Waals surface area contributed by atoms with Crippen molar-refractivity contribution in [1.29, 1.82) is 0 Å². The highest BCUT2D eigenvalue weighted by Crippen LogP contribution is 2.34. The summed E-state index contributed by atoms with van der Waals surface area (Å²) in [5, 5.41) is 2.62. The van der Waals surface area contributed by atoms with Gasteiger partial charge in [-0.1, -0.05) is 18.2 Å². The van der Waals surface area contributed by atoms with E-state index >= 15 is 0 Å². The number of hydrogen-bond acceptors (Lipinski definition) is 4. The molecule has 1 fully saturated rings.